The molecule has 0 aliphatic carbocycles. The molecule has 1 unspecified atom stereocenters. The molecule has 0 fully saturated rings. The first-order chi connectivity index (χ1) is 6.31. The largest absolute Gasteiger partial charge is 0.467 e. The molecule has 0 saturated carbocycles. The normalized spacial score (nSPS) is 19.0. The molecule has 1 aliphatic rings. The van der Waals surface area contributed by atoms with Crippen molar-refractivity contribution in [1.82, 2.24) is 0 Å². The topological polar surface area (TPSA) is 38.3 Å². The average Bonchev–Trinajstić information content (AvgIpc) is 2.59. The lowest BCUT2D eigenvalue weighted by atomic mass is 10.1. The lowest BCUT2D eigenvalue weighted by molar-refractivity contribution is -0.141. The molecule has 0 saturated heterocycles. The van der Waals surface area contributed by atoms with Crippen LogP contribution >= 0.6 is 0 Å². The average molecular weight is 177 g/mol. The summed E-state index contributed by atoms with van der Waals surface area (Å²) in [6, 6.07) is 7.71. The fraction of sp³-hybridized carbons (Fsp3) is 0.300. The van der Waals surface area contributed by atoms with Gasteiger partial charge in [-0.2, -0.15) is 0 Å². The minimum atomic E-state index is -0.206. The second-order valence-electron chi connectivity index (χ2n) is 3.08. The van der Waals surface area contributed by atoms with E-state index in [0.717, 1.165) is 12.1 Å². The number of nitrogens with one attached hydrogen (secondary N) is 1. The third-order valence-electron chi connectivity index (χ3n) is 2.26. The summed E-state index contributed by atoms with van der Waals surface area (Å²) in [6.45, 7) is 0. The van der Waals surface area contributed by atoms with Crippen molar-refractivity contribution >= 4 is 11.7 Å². The summed E-state index contributed by atoms with van der Waals surface area (Å²) >= 11 is 0. The highest BCUT2D eigenvalue weighted by Gasteiger charge is 2.26. The van der Waals surface area contributed by atoms with Crippen LogP contribution in [0.3, 0.4) is 0 Å². The van der Waals surface area contributed by atoms with E-state index in [4.69, 9.17) is 0 Å². The summed E-state index contributed by atoms with van der Waals surface area (Å²) in [5.41, 5.74) is 2.22. The molecule has 0 aromatic heterocycles. The zero-order valence-electron chi connectivity index (χ0n) is 7.41. The molecule has 0 spiro atoms. The summed E-state index contributed by atoms with van der Waals surface area (Å²) in [5.74, 6) is -0.198. The monoisotopic (exact) mass is 177 g/mol. The smallest absolute Gasteiger partial charge is 0.328 e. The number of carbonyl (C=O) groups is 1. The maximum atomic E-state index is 11.2. The predicted octanol–water partition coefficient (Wildman–Crippen LogP) is 1.20. The van der Waals surface area contributed by atoms with E-state index in [1.54, 1.807) is 0 Å². The number of methoxy groups -OCH3 is 1. The van der Waals surface area contributed by atoms with Crippen LogP contribution in [0.4, 0.5) is 5.69 Å². The van der Waals surface area contributed by atoms with Crippen LogP contribution in [0.25, 0.3) is 0 Å². The Morgan fingerprint density at radius 2 is 2.31 bits per heavy atom. The Balaban J connectivity index is 2.18. The fourth-order valence-electron chi connectivity index (χ4n) is 1.58. The second-order valence-corrected chi connectivity index (χ2v) is 3.08. The zero-order chi connectivity index (χ0) is 9.26. The van der Waals surface area contributed by atoms with E-state index in [9.17, 15) is 4.79 Å². The Morgan fingerprint density at radius 3 is 3.00 bits per heavy atom. The summed E-state index contributed by atoms with van der Waals surface area (Å²) in [6.07, 6.45) is 0.725. The lowest BCUT2D eigenvalue weighted by Gasteiger charge is -2.07. The van der Waals surface area contributed by atoms with Gasteiger partial charge in [0.2, 0.25) is 0 Å². The molecule has 2 rings (SSSR count). The highest BCUT2D eigenvalue weighted by molar-refractivity contribution is 5.82. The van der Waals surface area contributed by atoms with Crippen molar-refractivity contribution in [2.24, 2.45) is 0 Å². The standard InChI is InChI=1S/C10H11NO2/c1-13-10(12)9-6-7-4-2-3-5-8(7)11-9/h2-5,9,11H,6H2,1H3. The summed E-state index contributed by atoms with van der Waals surface area (Å²) in [7, 11) is 1.41. The van der Waals surface area contributed by atoms with Gasteiger partial charge in [0, 0.05) is 12.1 Å². The van der Waals surface area contributed by atoms with Crippen LogP contribution in [0.2, 0.25) is 0 Å². The molecule has 1 atom stereocenters. The molecule has 1 N–H and O–H groups in total. The van der Waals surface area contributed by atoms with Crippen LogP contribution < -0.4 is 5.32 Å². The quantitative estimate of drug-likeness (QED) is 0.655. The van der Waals surface area contributed by atoms with E-state index >= 15 is 0 Å². The van der Waals surface area contributed by atoms with Gasteiger partial charge in [-0.3, -0.25) is 0 Å². The van der Waals surface area contributed by atoms with Gasteiger partial charge >= 0.3 is 5.97 Å². The van der Waals surface area contributed by atoms with Gasteiger partial charge < -0.3 is 10.1 Å². The predicted molar refractivity (Wildman–Crippen MR) is 49.6 cm³/mol. The van der Waals surface area contributed by atoms with Gasteiger partial charge in [0.15, 0.2) is 0 Å². The van der Waals surface area contributed by atoms with E-state index in [-0.39, 0.29) is 12.0 Å². The van der Waals surface area contributed by atoms with Crippen LogP contribution in [0.15, 0.2) is 24.3 Å². The number of rotatable bonds is 1. The van der Waals surface area contributed by atoms with E-state index in [0.29, 0.717) is 0 Å². The van der Waals surface area contributed by atoms with E-state index in [2.05, 4.69) is 10.1 Å². The number of benzene rings is 1. The van der Waals surface area contributed by atoms with Crippen LogP contribution in [-0.4, -0.2) is 19.1 Å². The molecule has 13 heavy (non-hydrogen) atoms. The SMILES string of the molecule is COC(=O)C1Cc2ccccc2N1. The summed E-state index contributed by atoms with van der Waals surface area (Å²) < 4.78 is 4.66. The molecule has 3 nitrogen and oxygen atoms in total. The van der Waals surface area contributed by atoms with Crippen LogP contribution in [0.5, 0.6) is 0 Å². The number of anilines is 1. The molecule has 68 valence electrons. The molecule has 1 aromatic carbocycles. The zero-order valence-corrected chi connectivity index (χ0v) is 7.41. The number of para-hydroxylation sites is 1. The second kappa shape index (κ2) is 3.09. The molecular formula is C10H11NO2. The van der Waals surface area contributed by atoms with Gasteiger partial charge in [0.1, 0.15) is 6.04 Å². The Bertz CT molecular complexity index is 310. The number of hydrogen-bond donors (Lipinski definition) is 1. The minimum Gasteiger partial charge on any atom is -0.467 e. The van der Waals surface area contributed by atoms with Crippen molar-refractivity contribution in [3.63, 3.8) is 0 Å². The van der Waals surface area contributed by atoms with Crippen LogP contribution in [0, 0.1) is 0 Å². The van der Waals surface area contributed by atoms with Gasteiger partial charge in [-0.1, -0.05) is 18.2 Å². The van der Waals surface area contributed by atoms with Gasteiger partial charge in [-0.25, -0.2) is 4.79 Å². The number of hydrogen-bond acceptors (Lipinski definition) is 3. The maximum absolute atomic E-state index is 11.2. The van der Waals surface area contributed by atoms with Crippen molar-refractivity contribution in [3.05, 3.63) is 29.8 Å². The third-order valence-corrected chi connectivity index (χ3v) is 2.26. The molecule has 1 aromatic rings. The first-order valence-corrected chi connectivity index (χ1v) is 4.23. The Kier molecular flexibility index (Phi) is 1.93. The Morgan fingerprint density at radius 1 is 1.54 bits per heavy atom. The van der Waals surface area contributed by atoms with Crippen molar-refractivity contribution in [3.8, 4) is 0 Å². The van der Waals surface area contributed by atoms with E-state index < -0.39 is 0 Å². The summed E-state index contributed by atoms with van der Waals surface area (Å²) in [5, 5.41) is 3.11. The Hall–Kier alpha value is -1.51. The first kappa shape index (κ1) is 8.10. The number of carbonyl (C=O) groups excluding carboxylic acids is 1. The van der Waals surface area contributed by atoms with Gasteiger partial charge in [-0.15, -0.1) is 0 Å². The van der Waals surface area contributed by atoms with Gasteiger partial charge in [-0.05, 0) is 11.6 Å². The molecule has 0 bridgehead atoms. The molecular weight excluding hydrogens is 166 g/mol. The van der Waals surface area contributed by atoms with Crippen LogP contribution in [0.1, 0.15) is 5.56 Å². The molecule has 3 heteroatoms. The van der Waals surface area contributed by atoms with Gasteiger partial charge in [0.05, 0.1) is 7.11 Å². The van der Waals surface area contributed by atoms with Crippen molar-refractivity contribution in [2.75, 3.05) is 12.4 Å². The van der Waals surface area contributed by atoms with E-state index in [1.165, 1.54) is 12.7 Å². The number of esters is 1. The highest BCUT2D eigenvalue weighted by atomic mass is 16.5. The lowest BCUT2D eigenvalue weighted by Crippen LogP contribution is -2.27. The number of fused-ring (bicyclic) bond motifs is 1. The van der Waals surface area contributed by atoms with Crippen LogP contribution in [-0.2, 0) is 16.0 Å². The third kappa shape index (κ3) is 1.37. The molecule has 0 amide bonds. The van der Waals surface area contributed by atoms with E-state index in [1.807, 2.05) is 24.3 Å². The maximum Gasteiger partial charge on any atom is 0.328 e. The van der Waals surface area contributed by atoms with Crippen molar-refractivity contribution in [1.29, 1.82) is 0 Å². The Labute approximate surface area is 76.7 Å². The van der Waals surface area contributed by atoms with Crippen molar-refractivity contribution < 1.29 is 9.53 Å². The van der Waals surface area contributed by atoms with Crippen molar-refractivity contribution in [2.45, 2.75) is 12.5 Å². The number of ether oxygens (including phenoxy) is 1. The molecule has 0 radical (unpaired) electrons. The molecule has 1 aliphatic heterocycles. The highest BCUT2D eigenvalue weighted by Crippen LogP contribution is 2.25. The molecule has 1 heterocycles. The first-order valence-electron chi connectivity index (χ1n) is 4.23. The minimum absolute atomic E-state index is 0.198. The fourth-order valence-corrected chi connectivity index (χ4v) is 1.58. The summed E-state index contributed by atoms with van der Waals surface area (Å²) in [4.78, 5) is 11.2. The van der Waals surface area contributed by atoms with Gasteiger partial charge in [0.25, 0.3) is 0 Å².